The molecule has 0 saturated heterocycles. The summed E-state index contributed by atoms with van der Waals surface area (Å²) in [5, 5.41) is 0. The lowest BCUT2D eigenvalue weighted by Crippen LogP contribution is -2.21. The fourth-order valence-electron chi connectivity index (χ4n) is 0.671. The maximum absolute atomic E-state index is 3.29. The maximum Gasteiger partial charge on any atom is 0.0695 e. The van der Waals surface area contributed by atoms with Crippen LogP contribution in [0.1, 0.15) is 34.1 Å². The Morgan fingerprint density at radius 3 is 1.17 bits per heavy atom. The third kappa shape index (κ3) is 13.5. The number of rotatable bonds is 4. The highest BCUT2D eigenvalue weighted by Gasteiger charge is 1.89. The van der Waals surface area contributed by atoms with Crippen molar-refractivity contribution < 1.29 is 0 Å². The van der Waals surface area contributed by atoms with Crippen molar-refractivity contribution in [3.63, 3.8) is 0 Å². The summed E-state index contributed by atoms with van der Waals surface area (Å²) < 4.78 is 0.509. The van der Waals surface area contributed by atoms with Gasteiger partial charge in [-0.3, -0.25) is 0 Å². The molecule has 0 aliphatic rings. The zero-order valence-electron chi connectivity index (χ0n) is 8.61. The molecule has 3 heteroatoms. The van der Waals surface area contributed by atoms with E-state index in [1.165, 1.54) is 19.6 Å². The molecule has 12 heavy (non-hydrogen) atoms. The fourth-order valence-corrected chi connectivity index (χ4v) is 0.671. The average Bonchev–Trinajstić information content (AvgIpc) is 2.09. The van der Waals surface area contributed by atoms with E-state index in [0.29, 0.717) is 3.74 Å². The average molecular weight is 303 g/mol. The van der Waals surface area contributed by atoms with Crippen molar-refractivity contribution in [1.29, 1.82) is 0 Å². The first-order chi connectivity index (χ1) is 5.62. The fraction of sp³-hybridized carbons (Fsp3) is 1.00. The summed E-state index contributed by atoms with van der Waals surface area (Å²) in [5.41, 5.74) is 0. The highest BCUT2D eigenvalue weighted by Crippen LogP contribution is 2.10. The third-order valence-electron chi connectivity index (χ3n) is 1.65. The molecule has 1 nitrogen and oxygen atoms in total. The van der Waals surface area contributed by atoms with Gasteiger partial charge in [-0.15, -0.1) is 0 Å². The van der Waals surface area contributed by atoms with E-state index < -0.39 is 0 Å². The van der Waals surface area contributed by atoms with Crippen LogP contribution in [0.3, 0.4) is 0 Å². The Morgan fingerprint density at radius 2 is 1.17 bits per heavy atom. The maximum atomic E-state index is 3.29. The van der Waals surface area contributed by atoms with Crippen LogP contribution in [0.25, 0.3) is 0 Å². The lowest BCUT2D eigenvalue weighted by Gasteiger charge is -2.13. The van der Waals surface area contributed by atoms with Gasteiger partial charge in [0.15, 0.2) is 0 Å². The molecule has 0 radical (unpaired) electrons. The van der Waals surface area contributed by atoms with Gasteiger partial charge in [-0.2, -0.15) is 0 Å². The second-order valence-corrected chi connectivity index (χ2v) is 5.86. The van der Waals surface area contributed by atoms with E-state index in [9.17, 15) is 0 Å². The van der Waals surface area contributed by atoms with Gasteiger partial charge < -0.3 is 4.90 Å². The Morgan fingerprint density at radius 1 is 0.917 bits per heavy atom. The van der Waals surface area contributed by atoms with E-state index >= 15 is 0 Å². The van der Waals surface area contributed by atoms with E-state index in [-0.39, 0.29) is 0 Å². The van der Waals surface area contributed by atoms with Crippen molar-refractivity contribution in [3.8, 4) is 0 Å². The van der Waals surface area contributed by atoms with Crippen molar-refractivity contribution in [1.82, 2.24) is 4.90 Å². The highest BCUT2D eigenvalue weighted by atomic mass is 79.9. The van der Waals surface area contributed by atoms with E-state index in [1.54, 1.807) is 0 Å². The molecule has 0 N–H and O–H groups in total. The van der Waals surface area contributed by atoms with Crippen LogP contribution in [0, 0.1) is 0 Å². The van der Waals surface area contributed by atoms with Crippen molar-refractivity contribution in [2.24, 2.45) is 0 Å². The van der Waals surface area contributed by atoms with Gasteiger partial charge in [0.05, 0.1) is 3.74 Å². The minimum absolute atomic E-state index is 0.509. The van der Waals surface area contributed by atoms with Crippen LogP contribution >= 0.6 is 31.9 Å². The van der Waals surface area contributed by atoms with Gasteiger partial charge in [-0.25, -0.2) is 0 Å². The van der Waals surface area contributed by atoms with Gasteiger partial charge in [-0.05, 0) is 26.1 Å². The summed E-state index contributed by atoms with van der Waals surface area (Å²) in [4.78, 5) is 2.38. The monoisotopic (exact) mass is 301 g/mol. The Labute approximate surface area is 94.2 Å². The number of halogens is 2. The van der Waals surface area contributed by atoms with Crippen LogP contribution in [0.4, 0.5) is 0 Å². The molecule has 0 aromatic heterocycles. The summed E-state index contributed by atoms with van der Waals surface area (Å²) in [6.45, 7) is 12.2. The van der Waals surface area contributed by atoms with Crippen molar-refractivity contribution in [2.75, 3.05) is 19.6 Å². The number of alkyl halides is 2. The standard InChI is InChI=1S/C6H15N.C3H6Br2/c1-4-7(5-2)6-3;1-2-3(4)5/h4-6H2,1-3H3;3H,2H2,1H3. The van der Waals surface area contributed by atoms with Gasteiger partial charge in [0.25, 0.3) is 0 Å². The molecule has 0 spiro atoms. The van der Waals surface area contributed by atoms with Crippen molar-refractivity contribution in [2.45, 2.75) is 37.9 Å². The first-order valence-electron chi connectivity index (χ1n) is 4.62. The molecule has 0 aromatic rings. The molecule has 0 atom stereocenters. The first-order valence-corrected chi connectivity index (χ1v) is 6.45. The van der Waals surface area contributed by atoms with E-state index in [0.717, 1.165) is 6.42 Å². The van der Waals surface area contributed by atoms with Crippen LogP contribution in [-0.2, 0) is 0 Å². The zero-order chi connectivity index (χ0) is 9.98. The lowest BCUT2D eigenvalue weighted by molar-refractivity contribution is 0.321. The van der Waals surface area contributed by atoms with E-state index in [4.69, 9.17) is 0 Å². The Kier molecular flexibility index (Phi) is 15.3. The van der Waals surface area contributed by atoms with Crippen LogP contribution in [0.15, 0.2) is 0 Å². The van der Waals surface area contributed by atoms with E-state index in [1.807, 2.05) is 0 Å². The predicted octanol–water partition coefficient (Wildman–Crippen LogP) is 3.86. The Balaban J connectivity index is 0. The van der Waals surface area contributed by atoms with Gasteiger partial charge in [-0.1, -0.05) is 59.6 Å². The molecule has 0 bridgehead atoms. The summed E-state index contributed by atoms with van der Waals surface area (Å²) in [7, 11) is 0. The molecule has 0 rings (SSSR count). The van der Waals surface area contributed by atoms with Crippen LogP contribution in [0.5, 0.6) is 0 Å². The summed E-state index contributed by atoms with van der Waals surface area (Å²) in [6, 6.07) is 0. The van der Waals surface area contributed by atoms with Crippen LogP contribution in [-0.4, -0.2) is 28.3 Å². The van der Waals surface area contributed by atoms with Crippen molar-refractivity contribution in [3.05, 3.63) is 0 Å². The first kappa shape index (κ1) is 15.4. The molecule has 0 saturated carbocycles. The molecule has 76 valence electrons. The van der Waals surface area contributed by atoms with Crippen LogP contribution in [0.2, 0.25) is 0 Å². The molecule has 0 fully saturated rings. The quantitative estimate of drug-likeness (QED) is 0.713. The second kappa shape index (κ2) is 11.9. The van der Waals surface area contributed by atoms with E-state index in [2.05, 4.69) is 64.5 Å². The lowest BCUT2D eigenvalue weighted by atomic mass is 10.5. The topological polar surface area (TPSA) is 3.24 Å². The zero-order valence-corrected chi connectivity index (χ0v) is 11.8. The van der Waals surface area contributed by atoms with Gasteiger partial charge in [0.1, 0.15) is 0 Å². The molecular formula is C9H21Br2N. The minimum atomic E-state index is 0.509. The summed E-state index contributed by atoms with van der Waals surface area (Å²) in [5.74, 6) is 0. The van der Waals surface area contributed by atoms with Crippen molar-refractivity contribution >= 4 is 31.9 Å². The third-order valence-corrected chi connectivity index (χ3v) is 2.95. The summed E-state index contributed by atoms with van der Waals surface area (Å²) >= 11 is 6.58. The molecule has 0 heterocycles. The van der Waals surface area contributed by atoms with Gasteiger partial charge >= 0.3 is 0 Å². The number of nitrogens with zero attached hydrogens (tertiary/aromatic N) is 1. The Bertz CT molecular complexity index is 67.4. The van der Waals surface area contributed by atoms with Gasteiger partial charge in [0, 0.05) is 0 Å². The largest absolute Gasteiger partial charge is 0.304 e. The smallest absolute Gasteiger partial charge is 0.0695 e. The highest BCUT2D eigenvalue weighted by molar-refractivity contribution is 9.24. The molecular weight excluding hydrogens is 282 g/mol. The Hall–Kier alpha value is 0.920. The summed E-state index contributed by atoms with van der Waals surface area (Å²) in [6.07, 6.45) is 1.14. The number of hydrogen-bond donors (Lipinski definition) is 0. The SMILES string of the molecule is CCC(Br)Br.CCN(CC)CC. The van der Waals surface area contributed by atoms with Gasteiger partial charge in [0.2, 0.25) is 0 Å². The molecule has 0 aliphatic carbocycles. The number of hydrogen-bond acceptors (Lipinski definition) is 1. The normalized spacial score (nSPS) is 10.0. The molecule has 0 aliphatic heterocycles. The minimum Gasteiger partial charge on any atom is -0.304 e. The second-order valence-electron chi connectivity index (χ2n) is 2.42. The van der Waals surface area contributed by atoms with Crippen LogP contribution < -0.4 is 0 Å². The predicted molar refractivity (Wildman–Crippen MR) is 65.4 cm³/mol. The molecule has 0 aromatic carbocycles. The molecule has 0 unspecified atom stereocenters. The molecule has 0 amide bonds.